The van der Waals surface area contributed by atoms with E-state index < -0.39 is 6.36 Å². The van der Waals surface area contributed by atoms with Crippen LogP contribution in [0.25, 0.3) is 0 Å². The molecule has 0 radical (unpaired) electrons. The Bertz CT molecular complexity index is 765. The van der Waals surface area contributed by atoms with E-state index in [-0.39, 0.29) is 23.7 Å². The van der Waals surface area contributed by atoms with Crippen LogP contribution < -0.4 is 14.8 Å². The summed E-state index contributed by atoms with van der Waals surface area (Å²) in [4.78, 5) is 12.0. The smallest absolute Gasteiger partial charge is 0.488 e. The van der Waals surface area contributed by atoms with Crippen molar-refractivity contribution in [2.45, 2.75) is 45.7 Å². The lowest BCUT2D eigenvalue weighted by atomic mass is 10.1. The van der Waals surface area contributed by atoms with E-state index in [1.807, 2.05) is 45.0 Å². The monoisotopic (exact) mass is 381 g/mol. The summed E-state index contributed by atoms with van der Waals surface area (Å²) in [7, 11) is 0. The molecule has 2 aromatic carbocycles. The van der Waals surface area contributed by atoms with E-state index in [1.165, 1.54) is 18.2 Å². The molecule has 0 atom stereocenters. The molecular weight excluding hydrogens is 359 g/mol. The van der Waals surface area contributed by atoms with E-state index in [0.29, 0.717) is 12.1 Å². The molecule has 1 amide bonds. The summed E-state index contributed by atoms with van der Waals surface area (Å²) in [6.45, 7) is 6.18. The van der Waals surface area contributed by atoms with Gasteiger partial charge in [-0.1, -0.05) is 24.3 Å². The molecule has 0 fully saturated rings. The van der Waals surface area contributed by atoms with Gasteiger partial charge in [-0.15, -0.1) is 13.2 Å². The van der Waals surface area contributed by atoms with Gasteiger partial charge in [-0.05, 0) is 56.2 Å². The molecule has 7 heteroatoms. The van der Waals surface area contributed by atoms with Crippen LogP contribution in [-0.4, -0.2) is 17.9 Å². The topological polar surface area (TPSA) is 47.6 Å². The number of carbonyl (C=O) groups is 1. The zero-order chi connectivity index (χ0) is 20.1. The highest BCUT2D eigenvalue weighted by Gasteiger charge is 2.31. The van der Waals surface area contributed by atoms with Crippen LogP contribution in [0.1, 0.15) is 31.9 Å². The molecule has 0 heterocycles. The molecule has 0 saturated heterocycles. The summed E-state index contributed by atoms with van der Waals surface area (Å²) in [6.07, 6.45) is -4.80. The molecule has 0 aliphatic carbocycles. The van der Waals surface area contributed by atoms with Crippen LogP contribution in [0.2, 0.25) is 0 Å². The minimum Gasteiger partial charge on any atom is -0.488 e. The first-order chi connectivity index (χ1) is 12.5. The summed E-state index contributed by atoms with van der Waals surface area (Å²) in [6, 6.07) is 12.7. The Morgan fingerprint density at radius 1 is 0.926 bits per heavy atom. The first kappa shape index (κ1) is 20.6. The number of nitrogens with one attached hydrogen (secondary N) is 1. The first-order valence-electron chi connectivity index (χ1n) is 8.39. The van der Waals surface area contributed by atoms with E-state index in [9.17, 15) is 18.0 Å². The predicted molar refractivity (Wildman–Crippen MR) is 95.5 cm³/mol. The number of hydrogen-bond acceptors (Lipinski definition) is 3. The third kappa shape index (κ3) is 8.02. The van der Waals surface area contributed by atoms with Crippen LogP contribution in [0.3, 0.4) is 0 Å². The Morgan fingerprint density at radius 3 is 2.19 bits per heavy atom. The zero-order valence-electron chi connectivity index (χ0n) is 15.4. The molecule has 0 aliphatic heterocycles. The Labute approximate surface area is 156 Å². The van der Waals surface area contributed by atoms with Crippen molar-refractivity contribution in [2.24, 2.45) is 0 Å². The van der Waals surface area contributed by atoms with Gasteiger partial charge < -0.3 is 14.8 Å². The number of rotatable bonds is 6. The molecular formula is C20H22F3NO3. The average molecular weight is 381 g/mol. The number of alkyl halides is 3. The normalized spacial score (nSPS) is 11.8. The number of carbonyl (C=O) groups excluding carboxylic acids is 1. The minimum atomic E-state index is -4.76. The van der Waals surface area contributed by atoms with Gasteiger partial charge in [0.1, 0.15) is 17.1 Å². The number of benzene rings is 2. The Kier molecular flexibility index (Phi) is 6.36. The van der Waals surface area contributed by atoms with Gasteiger partial charge in [0.15, 0.2) is 0 Å². The molecule has 2 rings (SSSR count). The third-order valence-electron chi connectivity index (χ3n) is 3.33. The van der Waals surface area contributed by atoms with Crippen molar-refractivity contribution in [1.29, 1.82) is 0 Å². The quantitative estimate of drug-likeness (QED) is 0.794. The predicted octanol–water partition coefficient (Wildman–Crippen LogP) is 4.62. The highest BCUT2D eigenvalue weighted by Crippen LogP contribution is 2.23. The second-order valence-electron chi connectivity index (χ2n) is 7.01. The van der Waals surface area contributed by atoms with Crippen LogP contribution in [-0.2, 0) is 17.8 Å². The molecule has 0 aromatic heterocycles. The standard InChI is InChI=1S/C20H22F3NO3/c1-19(2,3)26-16-9-7-14(8-10-16)13-24-18(25)12-15-5-4-6-17(11-15)27-20(21,22)23/h4-11H,12-13H2,1-3H3,(H,24,25). The highest BCUT2D eigenvalue weighted by molar-refractivity contribution is 5.78. The fourth-order valence-corrected chi connectivity index (χ4v) is 2.33. The lowest BCUT2D eigenvalue weighted by Crippen LogP contribution is -2.25. The van der Waals surface area contributed by atoms with Gasteiger partial charge in [-0.2, -0.15) is 0 Å². The van der Waals surface area contributed by atoms with Crippen molar-refractivity contribution in [3.05, 3.63) is 59.7 Å². The van der Waals surface area contributed by atoms with Gasteiger partial charge >= 0.3 is 6.36 Å². The largest absolute Gasteiger partial charge is 0.573 e. The first-order valence-corrected chi connectivity index (χ1v) is 8.39. The maximum atomic E-state index is 12.3. The van der Waals surface area contributed by atoms with Crippen LogP contribution in [0, 0.1) is 0 Å². The van der Waals surface area contributed by atoms with Gasteiger partial charge in [0.25, 0.3) is 0 Å². The lowest BCUT2D eigenvalue weighted by molar-refractivity contribution is -0.274. The zero-order valence-corrected chi connectivity index (χ0v) is 15.4. The van der Waals surface area contributed by atoms with E-state index in [4.69, 9.17) is 4.74 Å². The van der Waals surface area contributed by atoms with Crippen LogP contribution in [0.15, 0.2) is 48.5 Å². The fraction of sp³-hybridized carbons (Fsp3) is 0.350. The highest BCUT2D eigenvalue weighted by atomic mass is 19.4. The van der Waals surface area contributed by atoms with Crippen molar-refractivity contribution >= 4 is 5.91 Å². The summed E-state index contributed by atoms with van der Waals surface area (Å²) < 4.78 is 46.3. The van der Waals surface area contributed by atoms with Crippen molar-refractivity contribution in [1.82, 2.24) is 5.32 Å². The van der Waals surface area contributed by atoms with E-state index in [0.717, 1.165) is 11.3 Å². The molecule has 146 valence electrons. The molecule has 4 nitrogen and oxygen atoms in total. The maximum Gasteiger partial charge on any atom is 0.573 e. The van der Waals surface area contributed by atoms with Crippen LogP contribution in [0.5, 0.6) is 11.5 Å². The number of ether oxygens (including phenoxy) is 2. The Hall–Kier alpha value is -2.70. The summed E-state index contributed by atoms with van der Waals surface area (Å²) in [5.41, 5.74) is 1.03. The number of hydrogen-bond donors (Lipinski definition) is 1. The van der Waals surface area contributed by atoms with E-state index in [1.54, 1.807) is 6.07 Å². The molecule has 0 unspecified atom stereocenters. The van der Waals surface area contributed by atoms with Gasteiger partial charge in [-0.3, -0.25) is 4.79 Å². The molecule has 0 bridgehead atoms. The Balaban J connectivity index is 1.87. The summed E-state index contributed by atoms with van der Waals surface area (Å²) in [5.74, 6) is 0.0930. The van der Waals surface area contributed by atoms with Crippen molar-refractivity contribution in [3.8, 4) is 11.5 Å². The molecule has 0 saturated carbocycles. The maximum absolute atomic E-state index is 12.3. The molecule has 0 spiro atoms. The van der Waals surface area contributed by atoms with Crippen LogP contribution >= 0.6 is 0 Å². The average Bonchev–Trinajstić information content (AvgIpc) is 2.51. The second-order valence-corrected chi connectivity index (χ2v) is 7.01. The van der Waals surface area contributed by atoms with Gasteiger partial charge in [0.05, 0.1) is 6.42 Å². The molecule has 2 aromatic rings. The Morgan fingerprint density at radius 2 is 1.59 bits per heavy atom. The fourth-order valence-electron chi connectivity index (χ4n) is 2.33. The molecule has 0 aliphatic rings. The van der Waals surface area contributed by atoms with Gasteiger partial charge in [0, 0.05) is 6.54 Å². The van der Waals surface area contributed by atoms with Gasteiger partial charge in [-0.25, -0.2) is 0 Å². The van der Waals surface area contributed by atoms with E-state index in [2.05, 4.69) is 10.1 Å². The van der Waals surface area contributed by atoms with Crippen LogP contribution in [0.4, 0.5) is 13.2 Å². The van der Waals surface area contributed by atoms with Crippen molar-refractivity contribution < 1.29 is 27.4 Å². The van der Waals surface area contributed by atoms with Crippen molar-refractivity contribution in [3.63, 3.8) is 0 Å². The summed E-state index contributed by atoms with van der Waals surface area (Å²) >= 11 is 0. The van der Waals surface area contributed by atoms with Crippen molar-refractivity contribution in [2.75, 3.05) is 0 Å². The lowest BCUT2D eigenvalue weighted by Gasteiger charge is -2.21. The number of halogens is 3. The summed E-state index contributed by atoms with van der Waals surface area (Å²) in [5, 5.41) is 2.74. The second kappa shape index (κ2) is 8.33. The van der Waals surface area contributed by atoms with Gasteiger partial charge in [0.2, 0.25) is 5.91 Å². The molecule has 1 N–H and O–H groups in total. The minimum absolute atomic E-state index is 0.0414. The molecule has 27 heavy (non-hydrogen) atoms. The number of amides is 1. The van der Waals surface area contributed by atoms with E-state index >= 15 is 0 Å². The third-order valence-corrected chi connectivity index (χ3v) is 3.33. The SMILES string of the molecule is CC(C)(C)Oc1ccc(CNC(=O)Cc2cccc(OC(F)(F)F)c2)cc1.